The lowest BCUT2D eigenvalue weighted by Gasteiger charge is -2.18. The van der Waals surface area contributed by atoms with Crippen molar-refractivity contribution in [3.8, 4) is 0 Å². The fraction of sp³-hybridized carbons (Fsp3) is 0.877. The van der Waals surface area contributed by atoms with Crippen LogP contribution in [0, 0.1) is 0 Å². The lowest BCUT2D eigenvalue weighted by molar-refractivity contribution is -0.150. The largest absolute Gasteiger partial charge is 0.480 e. The molecule has 0 saturated heterocycles. The number of nitrogens with one attached hydrogen (secondary N) is 1. The van der Waals surface area contributed by atoms with Gasteiger partial charge in [-0.3, -0.25) is 9.59 Å². The number of hydrogen-bond acceptors (Lipinski definition) is 5. The smallest absolute Gasteiger partial charge is 0.326 e. The summed E-state index contributed by atoms with van der Waals surface area (Å²) in [7, 11) is 0. The topological polar surface area (TPSA) is 119 Å². The molecule has 0 aliphatic heterocycles. The van der Waals surface area contributed by atoms with Gasteiger partial charge >= 0.3 is 11.9 Å². The Labute approximate surface area is 397 Å². The van der Waals surface area contributed by atoms with E-state index < -0.39 is 12.0 Å². The first-order chi connectivity index (χ1) is 31.4. The molecule has 0 saturated carbocycles. The predicted octanol–water partition coefficient (Wildman–Crippen LogP) is 17.1. The predicted molar refractivity (Wildman–Crippen MR) is 276 cm³/mol. The summed E-state index contributed by atoms with van der Waals surface area (Å²) in [6.45, 7) is 4.97. The summed E-state index contributed by atoms with van der Waals surface area (Å²) >= 11 is 0. The summed E-state index contributed by atoms with van der Waals surface area (Å²) in [5.74, 6) is -1.21. The number of carbonyl (C=O) groups excluding carboxylic acids is 2. The number of carbonyl (C=O) groups is 3. The Hall–Kier alpha value is -2.15. The van der Waals surface area contributed by atoms with Crippen molar-refractivity contribution < 1.29 is 24.2 Å². The van der Waals surface area contributed by atoms with Crippen molar-refractivity contribution in [3.63, 3.8) is 0 Å². The van der Waals surface area contributed by atoms with E-state index in [-0.39, 0.29) is 18.0 Å². The average Bonchev–Trinajstić information content (AvgIpc) is 3.28. The molecule has 0 fully saturated rings. The van der Waals surface area contributed by atoms with Crippen molar-refractivity contribution in [2.45, 2.75) is 315 Å². The molecule has 7 heteroatoms. The van der Waals surface area contributed by atoms with Crippen molar-refractivity contribution in [2.75, 3.05) is 6.54 Å². The van der Waals surface area contributed by atoms with Gasteiger partial charge in [-0.1, -0.05) is 231 Å². The second kappa shape index (κ2) is 51.8. The van der Waals surface area contributed by atoms with Crippen molar-refractivity contribution >= 4 is 17.8 Å². The standard InChI is InChI=1S/C57H108N2O5/c1-3-5-7-9-11-13-15-17-19-20-21-22-23-24-25-26-28-30-32-34-36-41-45-51-56(61)64-53(47-42-38-35-33-31-29-27-18-16-14-12-10-8-6-4-2)48-43-39-37-40-44-50-55(60)59-54(57(62)63)49-46-52-58/h15,17,20-21,53-54H,3-14,16,18-19,22-52,58H2,1-2H3,(H,59,60)(H,62,63)/b17-15-,21-20-. The van der Waals surface area contributed by atoms with E-state index in [0.717, 1.165) is 70.6 Å². The van der Waals surface area contributed by atoms with Gasteiger partial charge in [-0.2, -0.15) is 0 Å². The normalized spacial score (nSPS) is 12.7. The van der Waals surface area contributed by atoms with E-state index in [4.69, 9.17) is 10.5 Å². The van der Waals surface area contributed by atoms with Crippen molar-refractivity contribution in [2.24, 2.45) is 5.73 Å². The molecule has 0 aromatic heterocycles. The monoisotopic (exact) mass is 901 g/mol. The van der Waals surface area contributed by atoms with Crippen LogP contribution in [-0.4, -0.2) is 41.6 Å². The number of aliphatic carboxylic acids is 1. The Bertz CT molecular complexity index is 1060. The molecule has 64 heavy (non-hydrogen) atoms. The van der Waals surface area contributed by atoms with Crippen LogP contribution >= 0.6 is 0 Å². The van der Waals surface area contributed by atoms with Crippen LogP contribution in [0.3, 0.4) is 0 Å². The highest BCUT2D eigenvalue weighted by Crippen LogP contribution is 2.20. The average molecular weight is 901 g/mol. The molecule has 0 spiro atoms. The zero-order chi connectivity index (χ0) is 46.7. The summed E-state index contributed by atoms with van der Waals surface area (Å²) in [5.41, 5.74) is 5.51. The second-order valence-electron chi connectivity index (χ2n) is 19.4. The molecule has 2 unspecified atom stereocenters. The Kier molecular flexibility index (Phi) is 50.1. The maximum Gasteiger partial charge on any atom is 0.326 e. The molecule has 0 rings (SSSR count). The number of nitrogens with two attached hydrogens (primary N) is 1. The SMILES string of the molecule is CCCCCCC/C=C\C/C=C\CCCCCCCCCCCCCC(=O)OC(CCCCCCCCCCCCCCCCC)CCCCCCCC(=O)NC(CCCN)C(=O)O. The van der Waals surface area contributed by atoms with E-state index in [0.29, 0.717) is 32.2 Å². The molecular formula is C57H108N2O5. The molecule has 0 aliphatic rings. The van der Waals surface area contributed by atoms with E-state index in [2.05, 4.69) is 43.5 Å². The molecule has 2 atom stereocenters. The molecule has 0 heterocycles. The van der Waals surface area contributed by atoms with Crippen LogP contribution in [0.1, 0.15) is 303 Å². The van der Waals surface area contributed by atoms with Gasteiger partial charge in [-0.25, -0.2) is 4.79 Å². The third-order valence-corrected chi connectivity index (χ3v) is 13.0. The minimum absolute atomic E-state index is 0.0140. The van der Waals surface area contributed by atoms with E-state index in [1.165, 1.54) is 193 Å². The van der Waals surface area contributed by atoms with Crippen LogP contribution in [-0.2, 0) is 19.1 Å². The van der Waals surface area contributed by atoms with Crippen LogP contribution in [0.15, 0.2) is 24.3 Å². The minimum atomic E-state index is -1.000. The number of esters is 1. The molecule has 0 radical (unpaired) electrons. The molecular weight excluding hydrogens is 793 g/mol. The molecule has 7 nitrogen and oxygen atoms in total. The van der Waals surface area contributed by atoms with Gasteiger partial charge in [-0.15, -0.1) is 0 Å². The van der Waals surface area contributed by atoms with Crippen LogP contribution in [0.5, 0.6) is 0 Å². The molecule has 1 amide bonds. The first kappa shape index (κ1) is 61.9. The first-order valence-electron chi connectivity index (χ1n) is 28.2. The quantitative estimate of drug-likeness (QED) is 0.0318. The molecule has 4 N–H and O–H groups in total. The number of rotatable bonds is 52. The summed E-state index contributed by atoms with van der Waals surface area (Å²) in [6, 6.07) is -0.856. The van der Waals surface area contributed by atoms with Crippen LogP contribution < -0.4 is 11.1 Å². The van der Waals surface area contributed by atoms with Gasteiger partial charge in [0.05, 0.1) is 0 Å². The van der Waals surface area contributed by atoms with E-state index in [9.17, 15) is 19.5 Å². The lowest BCUT2D eigenvalue weighted by Crippen LogP contribution is -2.40. The van der Waals surface area contributed by atoms with Gasteiger partial charge in [0.1, 0.15) is 12.1 Å². The second-order valence-corrected chi connectivity index (χ2v) is 19.4. The lowest BCUT2D eigenvalue weighted by atomic mass is 10.0. The summed E-state index contributed by atoms with van der Waals surface area (Å²) in [5, 5.41) is 12.0. The van der Waals surface area contributed by atoms with Crippen LogP contribution in [0.25, 0.3) is 0 Å². The van der Waals surface area contributed by atoms with Gasteiger partial charge in [0.15, 0.2) is 0 Å². The van der Waals surface area contributed by atoms with E-state index in [1.807, 2.05) is 0 Å². The van der Waals surface area contributed by atoms with Gasteiger partial charge in [0.25, 0.3) is 0 Å². The summed E-state index contributed by atoms with van der Waals surface area (Å²) < 4.78 is 6.11. The van der Waals surface area contributed by atoms with Gasteiger partial charge in [0, 0.05) is 12.8 Å². The number of amides is 1. The zero-order valence-corrected chi connectivity index (χ0v) is 42.6. The molecule has 0 aromatic rings. The number of hydrogen-bond donors (Lipinski definition) is 3. The van der Waals surface area contributed by atoms with Crippen molar-refractivity contribution in [3.05, 3.63) is 24.3 Å². The van der Waals surface area contributed by atoms with E-state index >= 15 is 0 Å². The highest BCUT2D eigenvalue weighted by atomic mass is 16.5. The third-order valence-electron chi connectivity index (χ3n) is 13.0. The van der Waals surface area contributed by atoms with Gasteiger partial charge in [-0.05, 0) is 90.0 Å². The first-order valence-corrected chi connectivity index (χ1v) is 28.2. The van der Waals surface area contributed by atoms with Gasteiger partial charge in [0.2, 0.25) is 5.91 Å². The molecule has 376 valence electrons. The maximum atomic E-state index is 12.9. The van der Waals surface area contributed by atoms with Gasteiger partial charge < -0.3 is 20.9 Å². The third kappa shape index (κ3) is 47.8. The van der Waals surface area contributed by atoms with E-state index in [1.54, 1.807) is 0 Å². The summed E-state index contributed by atoms with van der Waals surface area (Å²) in [4.78, 5) is 36.6. The maximum absolute atomic E-state index is 12.9. The summed E-state index contributed by atoms with van der Waals surface area (Å²) in [6.07, 6.45) is 62.5. The minimum Gasteiger partial charge on any atom is -0.480 e. The fourth-order valence-corrected chi connectivity index (χ4v) is 8.78. The highest BCUT2D eigenvalue weighted by Gasteiger charge is 2.19. The number of carboxylic acid groups (broad SMARTS) is 1. The number of carboxylic acids is 1. The van der Waals surface area contributed by atoms with Crippen molar-refractivity contribution in [1.82, 2.24) is 5.32 Å². The Morgan fingerprint density at radius 1 is 0.453 bits per heavy atom. The zero-order valence-electron chi connectivity index (χ0n) is 42.6. The Morgan fingerprint density at radius 3 is 1.20 bits per heavy atom. The highest BCUT2D eigenvalue weighted by molar-refractivity contribution is 5.83. The molecule has 0 bridgehead atoms. The Morgan fingerprint density at radius 2 is 0.812 bits per heavy atom. The number of allylic oxidation sites excluding steroid dienone is 4. The number of unbranched alkanes of at least 4 members (excludes halogenated alkanes) is 34. The molecule has 0 aromatic carbocycles. The molecule has 0 aliphatic carbocycles. The number of ether oxygens (including phenoxy) is 1. The fourth-order valence-electron chi connectivity index (χ4n) is 8.78. The van der Waals surface area contributed by atoms with Crippen LogP contribution in [0.2, 0.25) is 0 Å². The van der Waals surface area contributed by atoms with Crippen molar-refractivity contribution in [1.29, 1.82) is 0 Å². The Balaban J connectivity index is 4.20. The van der Waals surface area contributed by atoms with Crippen LogP contribution in [0.4, 0.5) is 0 Å².